The van der Waals surface area contributed by atoms with Crippen molar-refractivity contribution < 1.29 is 19.0 Å². The standard InChI is InChI=1S/C12H13NO4/c1-15-7-10-5-12-11(16-2-3-17-12)4-9(10)6-13-8-14/h4-5H,2-3,6-7H2,1H3. The lowest BCUT2D eigenvalue weighted by molar-refractivity contribution is 0.167. The second kappa shape index (κ2) is 5.48. The first-order chi connectivity index (χ1) is 8.35. The highest BCUT2D eigenvalue weighted by Crippen LogP contribution is 2.33. The van der Waals surface area contributed by atoms with E-state index < -0.39 is 0 Å². The molecule has 0 fully saturated rings. The van der Waals surface area contributed by atoms with Gasteiger partial charge in [0.05, 0.1) is 13.2 Å². The maximum Gasteiger partial charge on any atom is 0.235 e. The molecule has 2 rings (SSSR count). The number of ether oxygens (including phenoxy) is 3. The Morgan fingerprint density at radius 2 is 1.94 bits per heavy atom. The van der Waals surface area contributed by atoms with Crippen molar-refractivity contribution in [1.82, 2.24) is 0 Å². The molecular weight excluding hydrogens is 222 g/mol. The van der Waals surface area contributed by atoms with E-state index in [9.17, 15) is 4.79 Å². The van der Waals surface area contributed by atoms with E-state index in [1.165, 1.54) is 6.08 Å². The van der Waals surface area contributed by atoms with Gasteiger partial charge >= 0.3 is 0 Å². The SMILES string of the molecule is COCc1cc2c(cc1CN=C=O)OCCO2. The summed E-state index contributed by atoms with van der Waals surface area (Å²) in [7, 11) is 1.61. The molecule has 0 unspecified atom stereocenters. The van der Waals surface area contributed by atoms with Crippen LogP contribution in [-0.2, 0) is 22.7 Å². The number of carbonyl (C=O) groups excluding carboxylic acids is 1. The van der Waals surface area contributed by atoms with Gasteiger partial charge in [-0.15, -0.1) is 0 Å². The minimum Gasteiger partial charge on any atom is -0.486 e. The van der Waals surface area contributed by atoms with Gasteiger partial charge in [-0.1, -0.05) is 0 Å². The average molecular weight is 235 g/mol. The molecule has 1 heterocycles. The number of hydrogen-bond acceptors (Lipinski definition) is 5. The van der Waals surface area contributed by atoms with E-state index in [0.717, 1.165) is 11.1 Å². The molecule has 0 aliphatic carbocycles. The molecule has 90 valence electrons. The van der Waals surface area contributed by atoms with Crippen molar-refractivity contribution in [3.8, 4) is 11.5 Å². The van der Waals surface area contributed by atoms with Gasteiger partial charge in [-0.2, -0.15) is 0 Å². The van der Waals surface area contributed by atoms with Crippen LogP contribution in [0.2, 0.25) is 0 Å². The fraction of sp³-hybridized carbons (Fsp3) is 0.417. The highest BCUT2D eigenvalue weighted by molar-refractivity contribution is 5.48. The van der Waals surface area contributed by atoms with Gasteiger partial charge < -0.3 is 14.2 Å². The van der Waals surface area contributed by atoms with Crippen LogP contribution in [0.5, 0.6) is 11.5 Å². The zero-order valence-corrected chi connectivity index (χ0v) is 9.56. The smallest absolute Gasteiger partial charge is 0.235 e. The molecule has 0 radical (unpaired) electrons. The van der Waals surface area contributed by atoms with Crippen LogP contribution in [0, 0.1) is 0 Å². The average Bonchev–Trinajstić information content (AvgIpc) is 2.36. The molecule has 0 saturated carbocycles. The van der Waals surface area contributed by atoms with Gasteiger partial charge in [-0.25, -0.2) is 9.79 Å². The number of hydrogen-bond donors (Lipinski definition) is 0. The third-order valence-electron chi connectivity index (χ3n) is 2.48. The molecule has 0 saturated heterocycles. The molecule has 0 N–H and O–H groups in total. The van der Waals surface area contributed by atoms with E-state index in [-0.39, 0.29) is 6.54 Å². The van der Waals surface area contributed by atoms with Gasteiger partial charge in [0, 0.05) is 7.11 Å². The summed E-state index contributed by atoms with van der Waals surface area (Å²) >= 11 is 0. The first kappa shape index (κ1) is 11.6. The summed E-state index contributed by atoms with van der Waals surface area (Å²) in [6, 6.07) is 3.71. The molecule has 0 amide bonds. The Balaban J connectivity index is 2.36. The Morgan fingerprint density at radius 3 is 2.53 bits per heavy atom. The third-order valence-corrected chi connectivity index (χ3v) is 2.48. The normalized spacial score (nSPS) is 13.0. The summed E-state index contributed by atoms with van der Waals surface area (Å²) in [5, 5.41) is 0. The minimum atomic E-state index is 0.277. The van der Waals surface area contributed by atoms with E-state index in [4.69, 9.17) is 14.2 Å². The first-order valence-corrected chi connectivity index (χ1v) is 5.29. The van der Waals surface area contributed by atoms with Crippen LogP contribution in [0.3, 0.4) is 0 Å². The molecule has 17 heavy (non-hydrogen) atoms. The van der Waals surface area contributed by atoms with Crippen molar-refractivity contribution in [2.45, 2.75) is 13.2 Å². The van der Waals surface area contributed by atoms with Crippen molar-refractivity contribution in [2.24, 2.45) is 4.99 Å². The van der Waals surface area contributed by atoms with Gasteiger partial charge in [0.1, 0.15) is 13.2 Å². The highest BCUT2D eigenvalue weighted by Gasteiger charge is 2.15. The molecule has 0 bridgehead atoms. The third kappa shape index (κ3) is 2.64. The number of nitrogens with zero attached hydrogens (tertiary/aromatic N) is 1. The number of benzene rings is 1. The topological polar surface area (TPSA) is 57.1 Å². The molecular formula is C12H13NO4. The van der Waals surface area contributed by atoms with Gasteiger partial charge in [0.15, 0.2) is 11.5 Å². The highest BCUT2D eigenvalue weighted by atomic mass is 16.6. The molecule has 1 aromatic rings. The molecule has 0 spiro atoms. The molecule has 1 aliphatic rings. The van der Waals surface area contributed by atoms with Crippen LogP contribution >= 0.6 is 0 Å². The van der Waals surface area contributed by atoms with Gasteiger partial charge in [-0.05, 0) is 23.3 Å². The maximum absolute atomic E-state index is 10.2. The van der Waals surface area contributed by atoms with Gasteiger partial charge in [0.2, 0.25) is 6.08 Å². The summed E-state index contributed by atoms with van der Waals surface area (Å²) in [5.41, 5.74) is 1.83. The number of rotatable bonds is 4. The van der Waals surface area contributed by atoms with Crippen LogP contribution in [0.15, 0.2) is 17.1 Å². The predicted octanol–water partition coefficient (Wildman–Crippen LogP) is 1.44. The van der Waals surface area contributed by atoms with Crippen molar-refractivity contribution in [1.29, 1.82) is 0 Å². The Labute approximate surface area is 99.0 Å². The van der Waals surface area contributed by atoms with E-state index >= 15 is 0 Å². The molecule has 1 aliphatic heterocycles. The predicted molar refractivity (Wildman–Crippen MR) is 60.0 cm³/mol. The second-order valence-electron chi connectivity index (χ2n) is 3.61. The number of aliphatic imine (C=N–C) groups is 1. The minimum absolute atomic E-state index is 0.277. The maximum atomic E-state index is 10.2. The molecule has 0 atom stereocenters. The summed E-state index contributed by atoms with van der Waals surface area (Å²) in [4.78, 5) is 13.7. The summed E-state index contributed by atoms with van der Waals surface area (Å²) in [6.45, 7) is 1.80. The quantitative estimate of drug-likeness (QED) is 0.585. The fourth-order valence-electron chi connectivity index (χ4n) is 1.73. The summed E-state index contributed by atoms with van der Waals surface area (Å²) < 4.78 is 16.1. The summed E-state index contributed by atoms with van der Waals surface area (Å²) in [6.07, 6.45) is 1.53. The fourth-order valence-corrected chi connectivity index (χ4v) is 1.73. The lowest BCUT2D eigenvalue weighted by Crippen LogP contribution is -2.16. The zero-order valence-electron chi connectivity index (χ0n) is 9.56. The van der Waals surface area contributed by atoms with Crippen LogP contribution in [0.4, 0.5) is 0 Å². The number of methoxy groups -OCH3 is 1. The van der Waals surface area contributed by atoms with Crippen LogP contribution in [0.1, 0.15) is 11.1 Å². The van der Waals surface area contributed by atoms with Crippen molar-refractivity contribution in [3.05, 3.63) is 23.3 Å². The van der Waals surface area contributed by atoms with Crippen molar-refractivity contribution >= 4 is 6.08 Å². The lowest BCUT2D eigenvalue weighted by atomic mass is 10.1. The van der Waals surface area contributed by atoms with Crippen LogP contribution in [-0.4, -0.2) is 26.4 Å². The van der Waals surface area contributed by atoms with E-state index in [2.05, 4.69) is 4.99 Å². The van der Waals surface area contributed by atoms with Gasteiger partial charge in [0.25, 0.3) is 0 Å². The van der Waals surface area contributed by atoms with E-state index in [0.29, 0.717) is 31.3 Å². The zero-order chi connectivity index (χ0) is 12.1. The number of isocyanates is 1. The van der Waals surface area contributed by atoms with Crippen LogP contribution in [0.25, 0.3) is 0 Å². The van der Waals surface area contributed by atoms with Crippen molar-refractivity contribution in [2.75, 3.05) is 20.3 Å². The molecule has 5 nitrogen and oxygen atoms in total. The Kier molecular flexibility index (Phi) is 3.75. The summed E-state index contributed by atoms with van der Waals surface area (Å²) in [5.74, 6) is 1.40. The Bertz CT molecular complexity index is 452. The largest absolute Gasteiger partial charge is 0.486 e. The van der Waals surface area contributed by atoms with E-state index in [1.807, 2.05) is 12.1 Å². The van der Waals surface area contributed by atoms with E-state index in [1.54, 1.807) is 7.11 Å². The lowest BCUT2D eigenvalue weighted by Gasteiger charge is -2.20. The van der Waals surface area contributed by atoms with Crippen LogP contribution < -0.4 is 9.47 Å². The number of fused-ring (bicyclic) bond motifs is 1. The second-order valence-corrected chi connectivity index (χ2v) is 3.61. The Hall–Kier alpha value is -1.84. The Morgan fingerprint density at radius 1 is 1.29 bits per heavy atom. The molecule has 5 heteroatoms. The van der Waals surface area contributed by atoms with Crippen molar-refractivity contribution in [3.63, 3.8) is 0 Å². The molecule has 0 aromatic heterocycles. The van der Waals surface area contributed by atoms with Gasteiger partial charge in [-0.3, -0.25) is 0 Å². The first-order valence-electron chi connectivity index (χ1n) is 5.29. The monoisotopic (exact) mass is 235 g/mol. The molecule has 1 aromatic carbocycles.